The third kappa shape index (κ3) is 1.39. The van der Waals surface area contributed by atoms with E-state index in [0.29, 0.717) is 36.3 Å². The number of likely N-dealkylation sites (tertiary alicyclic amines) is 1. The smallest absolute Gasteiger partial charge is 0.161 e. The zero-order chi connectivity index (χ0) is 16.7. The fraction of sp³-hybridized carbons (Fsp3) is 0.550. The van der Waals surface area contributed by atoms with Crippen molar-refractivity contribution in [2.24, 2.45) is 5.92 Å². The fourth-order valence-corrected chi connectivity index (χ4v) is 6.67. The monoisotopic (exact) mass is 325 g/mol. The topological polar surface area (TPSA) is 49.8 Å². The molecule has 2 spiro atoms. The number of methoxy groups -OCH3 is 1. The molecule has 1 heterocycles. The molecule has 1 saturated heterocycles. The Morgan fingerprint density at radius 2 is 2.29 bits per heavy atom. The van der Waals surface area contributed by atoms with Crippen LogP contribution in [-0.4, -0.2) is 42.0 Å². The highest BCUT2D eigenvalue weighted by atomic mass is 16.5. The molecule has 4 atom stereocenters. The third-order valence-corrected chi connectivity index (χ3v) is 7.17. The summed E-state index contributed by atoms with van der Waals surface area (Å²) >= 11 is 0. The third-order valence-electron chi connectivity index (χ3n) is 7.17. The Morgan fingerprint density at radius 3 is 3.04 bits per heavy atom. The van der Waals surface area contributed by atoms with Gasteiger partial charge in [0.15, 0.2) is 11.5 Å². The molecule has 4 heteroatoms. The summed E-state index contributed by atoms with van der Waals surface area (Å²) in [6, 6.07) is 4.51. The van der Waals surface area contributed by atoms with E-state index in [0.717, 1.165) is 31.5 Å². The average Bonchev–Trinajstić information content (AvgIpc) is 2.95. The lowest BCUT2D eigenvalue weighted by atomic mass is 9.58. The Balaban J connectivity index is 1.73. The maximum absolute atomic E-state index is 12.4. The molecular weight excluding hydrogens is 302 g/mol. The SMILES string of the molecule is C=CCN1CC23C[C@]4(CC(=O)CCC4C12)c1c3ccc(OC)c1O. The lowest BCUT2D eigenvalue weighted by molar-refractivity contribution is -0.124. The Morgan fingerprint density at radius 1 is 1.46 bits per heavy atom. The van der Waals surface area contributed by atoms with Crippen molar-refractivity contribution in [1.82, 2.24) is 4.90 Å². The van der Waals surface area contributed by atoms with Crippen LogP contribution in [0, 0.1) is 5.92 Å². The number of phenols is 1. The molecule has 4 aliphatic rings. The number of Topliss-reactive ketones (excluding diaryl/α,β-unsaturated/α-hetero) is 1. The number of hydrogen-bond acceptors (Lipinski definition) is 4. The van der Waals surface area contributed by atoms with Gasteiger partial charge in [0.2, 0.25) is 0 Å². The van der Waals surface area contributed by atoms with Crippen LogP contribution in [0.2, 0.25) is 0 Å². The summed E-state index contributed by atoms with van der Waals surface area (Å²) in [5, 5.41) is 10.9. The summed E-state index contributed by atoms with van der Waals surface area (Å²) in [5.41, 5.74) is 2.20. The number of rotatable bonds is 3. The minimum atomic E-state index is -0.191. The number of nitrogens with zero attached hydrogens (tertiary/aromatic N) is 1. The molecule has 0 amide bonds. The first-order valence-corrected chi connectivity index (χ1v) is 8.85. The molecule has 0 radical (unpaired) electrons. The van der Waals surface area contributed by atoms with Gasteiger partial charge in [-0.1, -0.05) is 12.1 Å². The Labute approximate surface area is 142 Å². The Bertz CT molecular complexity index is 772. The molecule has 126 valence electrons. The standard InChI is InChI=1S/C20H23NO3/c1-3-8-21-11-20-10-19(9-12(22)4-5-14(19)18(20)21)16-13(20)6-7-15(24-2)17(16)23/h3,6-7,14,18,23H,1,4-5,8-11H2,2H3/t14?,18?,19-,20?/m0/s1. The van der Waals surface area contributed by atoms with Gasteiger partial charge in [0.25, 0.3) is 0 Å². The number of benzene rings is 1. The van der Waals surface area contributed by atoms with Crippen molar-refractivity contribution < 1.29 is 14.6 Å². The van der Waals surface area contributed by atoms with Gasteiger partial charge in [0, 0.05) is 48.4 Å². The normalized spacial score (nSPS) is 39.0. The number of carbonyl (C=O) groups excluding carboxylic acids is 1. The van der Waals surface area contributed by atoms with Crippen LogP contribution in [0.15, 0.2) is 24.8 Å². The highest BCUT2D eigenvalue weighted by Gasteiger charge is 2.75. The minimum absolute atomic E-state index is 0.109. The molecule has 1 aromatic carbocycles. The zero-order valence-corrected chi connectivity index (χ0v) is 14.0. The number of fused-ring (bicyclic) bond motifs is 2. The summed E-state index contributed by atoms with van der Waals surface area (Å²) in [7, 11) is 1.59. The molecule has 4 nitrogen and oxygen atoms in total. The minimum Gasteiger partial charge on any atom is -0.504 e. The number of carbonyl (C=O) groups is 1. The molecule has 1 aliphatic heterocycles. The van der Waals surface area contributed by atoms with E-state index >= 15 is 0 Å². The van der Waals surface area contributed by atoms with Crippen LogP contribution in [0.1, 0.15) is 36.8 Å². The molecule has 5 rings (SSSR count). The van der Waals surface area contributed by atoms with Crippen LogP contribution < -0.4 is 4.74 Å². The van der Waals surface area contributed by atoms with Crippen molar-refractivity contribution in [3.05, 3.63) is 35.9 Å². The molecule has 1 aromatic rings. The first-order valence-electron chi connectivity index (χ1n) is 8.85. The van der Waals surface area contributed by atoms with Crippen molar-refractivity contribution in [1.29, 1.82) is 0 Å². The molecule has 3 unspecified atom stereocenters. The van der Waals surface area contributed by atoms with E-state index in [1.807, 2.05) is 12.1 Å². The Hall–Kier alpha value is -1.81. The summed E-state index contributed by atoms with van der Waals surface area (Å²) in [5.74, 6) is 1.59. The van der Waals surface area contributed by atoms with E-state index in [2.05, 4.69) is 17.5 Å². The van der Waals surface area contributed by atoms with E-state index in [-0.39, 0.29) is 16.6 Å². The highest BCUT2D eigenvalue weighted by molar-refractivity contribution is 5.83. The van der Waals surface area contributed by atoms with E-state index in [9.17, 15) is 9.90 Å². The first-order chi connectivity index (χ1) is 11.6. The molecule has 2 saturated carbocycles. The molecule has 24 heavy (non-hydrogen) atoms. The van der Waals surface area contributed by atoms with Gasteiger partial charge in [0.05, 0.1) is 7.11 Å². The van der Waals surface area contributed by atoms with Crippen LogP contribution in [0.3, 0.4) is 0 Å². The summed E-state index contributed by atoms with van der Waals surface area (Å²) in [6.07, 6.45) is 5.18. The van der Waals surface area contributed by atoms with Crippen molar-refractivity contribution in [2.75, 3.05) is 20.2 Å². The van der Waals surface area contributed by atoms with Crippen LogP contribution in [0.4, 0.5) is 0 Å². The van der Waals surface area contributed by atoms with Gasteiger partial charge in [-0.15, -0.1) is 6.58 Å². The highest BCUT2D eigenvalue weighted by Crippen LogP contribution is 2.73. The molecule has 0 aromatic heterocycles. The second kappa shape index (κ2) is 4.42. The molecule has 1 N–H and O–H groups in total. The van der Waals surface area contributed by atoms with Crippen molar-refractivity contribution in [2.45, 2.75) is 42.6 Å². The van der Waals surface area contributed by atoms with Crippen molar-refractivity contribution >= 4 is 5.78 Å². The van der Waals surface area contributed by atoms with E-state index in [4.69, 9.17) is 4.74 Å². The van der Waals surface area contributed by atoms with E-state index in [1.165, 1.54) is 5.56 Å². The number of hydrogen-bond donors (Lipinski definition) is 1. The maximum Gasteiger partial charge on any atom is 0.161 e. The van der Waals surface area contributed by atoms with Crippen LogP contribution >= 0.6 is 0 Å². The zero-order valence-electron chi connectivity index (χ0n) is 14.0. The first kappa shape index (κ1) is 14.5. The van der Waals surface area contributed by atoms with Crippen molar-refractivity contribution in [3.8, 4) is 11.5 Å². The second-order valence-electron chi connectivity index (χ2n) is 8.05. The number of phenolic OH excluding ortho intramolecular Hbond substituents is 1. The lowest BCUT2D eigenvalue weighted by Crippen LogP contribution is -2.67. The average molecular weight is 325 g/mol. The van der Waals surface area contributed by atoms with Gasteiger partial charge in [-0.3, -0.25) is 9.69 Å². The van der Waals surface area contributed by atoms with E-state index in [1.54, 1.807) is 7.11 Å². The summed E-state index contributed by atoms with van der Waals surface area (Å²) in [6.45, 7) is 5.82. The molecule has 3 fully saturated rings. The van der Waals surface area contributed by atoms with Gasteiger partial charge in [-0.25, -0.2) is 0 Å². The van der Waals surface area contributed by atoms with Crippen molar-refractivity contribution in [3.63, 3.8) is 0 Å². The summed E-state index contributed by atoms with van der Waals surface area (Å²) < 4.78 is 5.36. The largest absolute Gasteiger partial charge is 0.504 e. The molecule has 3 aliphatic carbocycles. The summed E-state index contributed by atoms with van der Waals surface area (Å²) in [4.78, 5) is 14.9. The predicted molar refractivity (Wildman–Crippen MR) is 90.5 cm³/mol. The second-order valence-corrected chi connectivity index (χ2v) is 8.05. The number of ether oxygens (including phenoxy) is 1. The molecule has 2 bridgehead atoms. The quantitative estimate of drug-likeness (QED) is 0.868. The van der Waals surface area contributed by atoms with Crippen LogP contribution in [0.25, 0.3) is 0 Å². The van der Waals surface area contributed by atoms with Gasteiger partial charge in [-0.05, 0) is 30.4 Å². The van der Waals surface area contributed by atoms with Gasteiger partial charge in [-0.2, -0.15) is 0 Å². The fourth-order valence-electron chi connectivity index (χ4n) is 6.67. The lowest BCUT2D eigenvalue weighted by Gasteiger charge is -2.58. The maximum atomic E-state index is 12.4. The van der Waals surface area contributed by atoms with Gasteiger partial charge >= 0.3 is 0 Å². The Kier molecular flexibility index (Phi) is 2.68. The van der Waals surface area contributed by atoms with E-state index < -0.39 is 0 Å². The van der Waals surface area contributed by atoms with Gasteiger partial charge in [0.1, 0.15) is 5.78 Å². The van der Waals surface area contributed by atoms with Crippen LogP contribution in [0.5, 0.6) is 11.5 Å². The molecular formula is C20H23NO3. The number of ketones is 1. The van der Waals surface area contributed by atoms with Crippen LogP contribution in [-0.2, 0) is 15.6 Å². The predicted octanol–water partition coefficient (Wildman–Crippen LogP) is 2.53. The number of aromatic hydroxyl groups is 1. The van der Waals surface area contributed by atoms with Gasteiger partial charge < -0.3 is 9.84 Å².